The summed E-state index contributed by atoms with van der Waals surface area (Å²) >= 11 is 1.60. The number of aliphatic hydroxyl groups is 1. The summed E-state index contributed by atoms with van der Waals surface area (Å²) < 4.78 is 5.33. The van der Waals surface area contributed by atoms with Crippen LogP contribution in [0.2, 0.25) is 0 Å². The van der Waals surface area contributed by atoms with Crippen molar-refractivity contribution in [1.82, 2.24) is 9.80 Å². The second-order valence-electron chi connectivity index (χ2n) is 5.38. The first-order chi connectivity index (χ1) is 10.2. The van der Waals surface area contributed by atoms with Gasteiger partial charge in [0.25, 0.3) is 0 Å². The lowest BCUT2D eigenvalue weighted by Crippen LogP contribution is -2.49. The fourth-order valence-electron chi connectivity index (χ4n) is 2.86. The van der Waals surface area contributed by atoms with Crippen molar-refractivity contribution in [2.24, 2.45) is 0 Å². The van der Waals surface area contributed by atoms with Crippen molar-refractivity contribution in [3.05, 3.63) is 28.5 Å². The molecule has 0 aliphatic carbocycles. The van der Waals surface area contributed by atoms with Crippen molar-refractivity contribution < 1.29 is 14.6 Å². The molecule has 2 saturated heterocycles. The zero-order valence-corrected chi connectivity index (χ0v) is 12.7. The van der Waals surface area contributed by atoms with Crippen LogP contribution < -0.4 is 0 Å². The van der Waals surface area contributed by atoms with E-state index in [4.69, 9.17) is 4.74 Å². The van der Waals surface area contributed by atoms with Gasteiger partial charge in [0.15, 0.2) is 0 Å². The number of rotatable bonds is 3. The Bertz CT molecular complexity index is 497. The van der Waals surface area contributed by atoms with Gasteiger partial charge in [-0.1, -0.05) is 6.07 Å². The summed E-state index contributed by atoms with van der Waals surface area (Å²) in [5.74, 6) is -0.0294. The molecule has 0 saturated carbocycles. The number of β-amino-alcohol motifs (C(OH)–C–C–N with tert-alkyl or cyclic N) is 1. The zero-order chi connectivity index (χ0) is 14.7. The van der Waals surface area contributed by atoms with Crippen LogP contribution in [-0.4, -0.2) is 72.4 Å². The molecule has 21 heavy (non-hydrogen) atoms. The molecular weight excluding hydrogens is 288 g/mol. The molecule has 0 spiro atoms. The molecule has 3 heterocycles. The summed E-state index contributed by atoms with van der Waals surface area (Å²) in [6.45, 7) is 4.07. The first kappa shape index (κ1) is 14.7. The van der Waals surface area contributed by atoms with E-state index >= 15 is 0 Å². The molecule has 2 fully saturated rings. The molecule has 2 aliphatic rings. The van der Waals surface area contributed by atoms with Gasteiger partial charge < -0.3 is 14.7 Å². The minimum atomic E-state index is -0.470. The number of morpholine rings is 1. The van der Waals surface area contributed by atoms with E-state index in [0.717, 1.165) is 18.0 Å². The minimum absolute atomic E-state index is 0.0294. The summed E-state index contributed by atoms with van der Waals surface area (Å²) in [6, 6.07) is 3.97. The second kappa shape index (κ2) is 6.70. The molecule has 6 heteroatoms. The van der Waals surface area contributed by atoms with Crippen molar-refractivity contribution >= 4 is 23.3 Å². The van der Waals surface area contributed by atoms with E-state index in [-0.39, 0.29) is 11.9 Å². The maximum atomic E-state index is 12.2. The highest BCUT2D eigenvalue weighted by molar-refractivity contribution is 7.10. The Balaban J connectivity index is 1.58. The van der Waals surface area contributed by atoms with Crippen LogP contribution >= 0.6 is 11.3 Å². The number of hydrogen-bond acceptors (Lipinski definition) is 5. The molecule has 2 aliphatic heterocycles. The Kier molecular flexibility index (Phi) is 4.70. The number of carbonyl (C=O) groups is 1. The summed E-state index contributed by atoms with van der Waals surface area (Å²) in [5.41, 5.74) is 0. The molecule has 1 aromatic heterocycles. The van der Waals surface area contributed by atoms with Gasteiger partial charge in [-0.25, -0.2) is 0 Å². The fourth-order valence-corrected chi connectivity index (χ4v) is 3.48. The Morgan fingerprint density at radius 3 is 2.90 bits per heavy atom. The molecule has 3 rings (SSSR count). The van der Waals surface area contributed by atoms with Crippen molar-refractivity contribution in [3.8, 4) is 0 Å². The largest absolute Gasteiger partial charge is 0.390 e. The molecule has 1 amide bonds. The van der Waals surface area contributed by atoms with Crippen molar-refractivity contribution in [2.45, 2.75) is 12.1 Å². The predicted octanol–water partition coefficient (Wildman–Crippen LogP) is 0.665. The number of aliphatic hydroxyl groups excluding tert-OH is 1. The van der Waals surface area contributed by atoms with Gasteiger partial charge >= 0.3 is 0 Å². The van der Waals surface area contributed by atoms with Gasteiger partial charge in [-0.15, -0.1) is 11.3 Å². The third-order valence-electron chi connectivity index (χ3n) is 4.02. The maximum absolute atomic E-state index is 12.2. The third kappa shape index (κ3) is 3.52. The number of carbonyl (C=O) groups excluding carboxylic acids is 1. The predicted molar refractivity (Wildman–Crippen MR) is 82.1 cm³/mol. The standard InChI is InChI=1S/C15H20N2O3S/c18-14-11-17(10-13(14)16-5-7-20-8-6-16)15(19)4-3-12-2-1-9-21-12/h1-4,9,13-14,18H,5-8,10-11H2/b4-3+/t13-,14-/m1/s1. The quantitative estimate of drug-likeness (QED) is 0.834. The SMILES string of the molecule is O=C(/C=C/c1cccs1)N1C[C@@H](O)[C@H](N2CCOCC2)C1. The van der Waals surface area contributed by atoms with Crippen molar-refractivity contribution in [1.29, 1.82) is 0 Å². The van der Waals surface area contributed by atoms with Gasteiger partial charge in [-0.3, -0.25) is 9.69 Å². The molecule has 0 aromatic carbocycles. The van der Waals surface area contributed by atoms with Crippen LogP contribution in [0.5, 0.6) is 0 Å². The Morgan fingerprint density at radius 2 is 2.19 bits per heavy atom. The van der Waals surface area contributed by atoms with Crippen LogP contribution in [-0.2, 0) is 9.53 Å². The highest BCUT2D eigenvalue weighted by atomic mass is 32.1. The van der Waals surface area contributed by atoms with E-state index in [1.807, 2.05) is 23.6 Å². The molecule has 2 atom stereocenters. The normalized spacial score (nSPS) is 27.6. The number of nitrogens with zero attached hydrogens (tertiary/aromatic N) is 2. The van der Waals surface area contributed by atoms with Crippen molar-refractivity contribution in [3.63, 3.8) is 0 Å². The fraction of sp³-hybridized carbons (Fsp3) is 0.533. The average molecular weight is 308 g/mol. The number of likely N-dealkylation sites (tertiary alicyclic amines) is 1. The van der Waals surface area contributed by atoms with E-state index in [1.165, 1.54) is 0 Å². The van der Waals surface area contributed by atoms with Gasteiger partial charge in [-0.05, 0) is 17.5 Å². The summed E-state index contributed by atoms with van der Waals surface area (Å²) in [6.07, 6.45) is 2.96. The molecular formula is C15H20N2O3S. The van der Waals surface area contributed by atoms with Crippen LogP contribution in [0, 0.1) is 0 Å². The van der Waals surface area contributed by atoms with Gasteiger partial charge in [0.05, 0.1) is 25.4 Å². The number of amides is 1. The van der Waals surface area contributed by atoms with Gasteiger partial charge in [0.2, 0.25) is 5.91 Å². The first-order valence-corrected chi connectivity index (χ1v) is 8.12. The monoisotopic (exact) mass is 308 g/mol. The Labute approximate surface area is 128 Å². The zero-order valence-electron chi connectivity index (χ0n) is 11.9. The number of hydrogen-bond donors (Lipinski definition) is 1. The lowest BCUT2D eigenvalue weighted by molar-refractivity contribution is -0.125. The van der Waals surface area contributed by atoms with E-state index in [0.29, 0.717) is 26.3 Å². The minimum Gasteiger partial charge on any atom is -0.390 e. The van der Waals surface area contributed by atoms with Gasteiger partial charge in [0, 0.05) is 37.1 Å². The van der Waals surface area contributed by atoms with Crippen LogP contribution in [0.25, 0.3) is 6.08 Å². The van der Waals surface area contributed by atoms with Crippen LogP contribution in [0.3, 0.4) is 0 Å². The highest BCUT2D eigenvalue weighted by Gasteiger charge is 2.37. The first-order valence-electron chi connectivity index (χ1n) is 7.24. The molecule has 0 unspecified atom stereocenters. The van der Waals surface area contributed by atoms with E-state index in [9.17, 15) is 9.90 Å². The third-order valence-corrected chi connectivity index (χ3v) is 4.86. The number of ether oxygens (including phenoxy) is 1. The molecule has 0 radical (unpaired) electrons. The molecule has 114 valence electrons. The lowest BCUT2D eigenvalue weighted by Gasteiger charge is -2.33. The lowest BCUT2D eigenvalue weighted by atomic mass is 10.2. The smallest absolute Gasteiger partial charge is 0.246 e. The molecule has 5 nitrogen and oxygen atoms in total. The topological polar surface area (TPSA) is 53.0 Å². The summed E-state index contributed by atoms with van der Waals surface area (Å²) in [7, 11) is 0. The van der Waals surface area contributed by atoms with Crippen LogP contribution in [0.15, 0.2) is 23.6 Å². The van der Waals surface area contributed by atoms with Gasteiger partial charge in [-0.2, -0.15) is 0 Å². The average Bonchev–Trinajstić information content (AvgIpc) is 3.15. The number of thiophene rings is 1. The summed E-state index contributed by atoms with van der Waals surface area (Å²) in [4.78, 5) is 17.2. The Hall–Kier alpha value is -1.21. The van der Waals surface area contributed by atoms with E-state index < -0.39 is 6.10 Å². The van der Waals surface area contributed by atoms with E-state index in [1.54, 1.807) is 22.3 Å². The molecule has 1 aromatic rings. The van der Waals surface area contributed by atoms with Crippen molar-refractivity contribution in [2.75, 3.05) is 39.4 Å². The maximum Gasteiger partial charge on any atom is 0.246 e. The van der Waals surface area contributed by atoms with Gasteiger partial charge in [0.1, 0.15) is 0 Å². The van der Waals surface area contributed by atoms with E-state index in [2.05, 4.69) is 4.90 Å². The van der Waals surface area contributed by atoms with Crippen LogP contribution in [0.1, 0.15) is 4.88 Å². The molecule has 0 bridgehead atoms. The summed E-state index contributed by atoms with van der Waals surface area (Å²) in [5, 5.41) is 12.2. The Morgan fingerprint density at radius 1 is 1.38 bits per heavy atom. The second-order valence-corrected chi connectivity index (χ2v) is 6.35. The van der Waals surface area contributed by atoms with Crippen LogP contribution in [0.4, 0.5) is 0 Å². The molecule has 1 N–H and O–H groups in total. The highest BCUT2D eigenvalue weighted by Crippen LogP contribution is 2.18.